The van der Waals surface area contributed by atoms with Gasteiger partial charge in [-0.15, -0.1) is 0 Å². The molecular weight excluding hydrogens is 328 g/mol. The molecule has 0 bridgehead atoms. The second-order valence-corrected chi connectivity index (χ2v) is 4.77. The smallest absolute Gasteiger partial charge is 0.0175 e. The Balaban J connectivity index is 2.42. The lowest BCUT2D eigenvalue weighted by Gasteiger charge is -2.07. The van der Waals surface area contributed by atoms with Crippen molar-refractivity contribution in [2.24, 2.45) is 0 Å². The molecule has 80 valence electrons. The fourth-order valence-electron chi connectivity index (χ4n) is 1.54. The molecular formula is C14H10Br2. The molecule has 0 N–H and O–H groups in total. The van der Waals surface area contributed by atoms with Gasteiger partial charge in [0.1, 0.15) is 0 Å². The molecule has 0 aliphatic rings. The quantitative estimate of drug-likeness (QED) is 0.703. The molecule has 0 unspecified atom stereocenters. The SMILES string of the molecule is Br/C=C(\c1ccccc1)c1ccc(Br)cc1. The molecule has 2 aromatic carbocycles. The van der Waals surface area contributed by atoms with Crippen molar-refractivity contribution >= 4 is 37.4 Å². The Morgan fingerprint density at radius 1 is 0.812 bits per heavy atom. The Hall–Kier alpha value is -0.860. The van der Waals surface area contributed by atoms with Gasteiger partial charge in [-0.3, -0.25) is 0 Å². The lowest BCUT2D eigenvalue weighted by atomic mass is 10.00. The van der Waals surface area contributed by atoms with Crippen LogP contribution in [0.2, 0.25) is 0 Å². The molecule has 0 aliphatic heterocycles. The predicted molar refractivity (Wildman–Crippen MR) is 76.6 cm³/mol. The van der Waals surface area contributed by atoms with Crippen LogP contribution < -0.4 is 0 Å². The molecule has 2 rings (SSSR count). The Labute approximate surface area is 112 Å². The Bertz CT molecular complexity index is 484. The lowest BCUT2D eigenvalue weighted by Crippen LogP contribution is -1.86. The number of halogens is 2. The fraction of sp³-hybridized carbons (Fsp3) is 0. The van der Waals surface area contributed by atoms with Crippen LogP contribution in [0.4, 0.5) is 0 Å². The van der Waals surface area contributed by atoms with Crippen LogP contribution in [0.25, 0.3) is 5.57 Å². The van der Waals surface area contributed by atoms with Crippen molar-refractivity contribution in [3.8, 4) is 0 Å². The number of benzene rings is 2. The third-order valence-electron chi connectivity index (χ3n) is 2.35. The highest BCUT2D eigenvalue weighted by Gasteiger charge is 2.03. The summed E-state index contributed by atoms with van der Waals surface area (Å²) < 4.78 is 1.10. The molecule has 0 saturated carbocycles. The van der Waals surface area contributed by atoms with Crippen LogP contribution in [0, 0.1) is 0 Å². The van der Waals surface area contributed by atoms with Crippen molar-refractivity contribution in [3.63, 3.8) is 0 Å². The third-order valence-corrected chi connectivity index (χ3v) is 3.34. The van der Waals surface area contributed by atoms with Crippen LogP contribution in [-0.4, -0.2) is 0 Å². The van der Waals surface area contributed by atoms with Gasteiger partial charge < -0.3 is 0 Å². The van der Waals surface area contributed by atoms with Gasteiger partial charge in [0.2, 0.25) is 0 Å². The van der Waals surface area contributed by atoms with Crippen molar-refractivity contribution in [3.05, 3.63) is 75.2 Å². The van der Waals surface area contributed by atoms with Crippen LogP contribution in [0.3, 0.4) is 0 Å². The van der Waals surface area contributed by atoms with E-state index in [1.165, 1.54) is 16.7 Å². The monoisotopic (exact) mass is 336 g/mol. The molecule has 2 aromatic rings. The summed E-state index contributed by atoms with van der Waals surface area (Å²) in [5, 5.41) is 0. The van der Waals surface area contributed by atoms with Crippen molar-refractivity contribution in [1.82, 2.24) is 0 Å². The van der Waals surface area contributed by atoms with Gasteiger partial charge in [-0.25, -0.2) is 0 Å². The summed E-state index contributed by atoms with van der Waals surface area (Å²) in [7, 11) is 0. The van der Waals surface area contributed by atoms with Crippen LogP contribution in [0.1, 0.15) is 11.1 Å². The molecule has 0 heterocycles. The minimum atomic E-state index is 1.10. The second-order valence-electron chi connectivity index (χ2n) is 3.40. The molecule has 16 heavy (non-hydrogen) atoms. The van der Waals surface area contributed by atoms with Crippen molar-refractivity contribution < 1.29 is 0 Å². The summed E-state index contributed by atoms with van der Waals surface area (Å²) in [6, 6.07) is 18.6. The summed E-state index contributed by atoms with van der Waals surface area (Å²) >= 11 is 6.88. The van der Waals surface area contributed by atoms with Gasteiger partial charge in [0.25, 0.3) is 0 Å². The Kier molecular flexibility index (Phi) is 3.97. The van der Waals surface area contributed by atoms with E-state index in [-0.39, 0.29) is 0 Å². The van der Waals surface area contributed by atoms with Gasteiger partial charge in [0, 0.05) is 4.47 Å². The first-order valence-electron chi connectivity index (χ1n) is 4.93. The first kappa shape index (κ1) is 11.6. The van der Waals surface area contributed by atoms with Gasteiger partial charge in [0.15, 0.2) is 0 Å². The summed E-state index contributed by atoms with van der Waals surface area (Å²) in [5.74, 6) is 0. The summed E-state index contributed by atoms with van der Waals surface area (Å²) in [6.07, 6.45) is 0. The largest absolute Gasteiger partial charge is 0.0622 e. The molecule has 0 spiro atoms. The molecule has 0 radical (unpaired) electrons. The highest BCUT2D eigenvalue weighted by atomic mass is 79.9. The van der Waals surface area contributed by atoms with Crippen LogP contribution in [0.5, 0.6) is 0 Å². The second kappa shape index (κ2) is 5.46. The van der Waals surface area contributed by atoms with E-state index in [0.717, 1.165) is 4.47 Å². The van der Waals surface area contributed by atoms with Crippen LogP contribution in [-0.2, 0) is 0 Å². The minimum absolute atomic E-state index is 1.10. The van der Waals surface area contributed by atoms with E-state index in [1.54, 1.807) is 0 Å². The fourth-order valence-corrected chi connectivity index (χ4v) is 2.33. The number of hydrogen-bond acceptors (Lipinski definition) is 0. The van der Waals surface area contributed by atoms with Gasteiger partial charge in [-0.05, 0) is 33.8 Å². The van der Waals surface area contributed by atoms with Gasteiger partial charge >= 0.3 is 0 Å². The Morgan fingerprint density at radius 3 is 1.94 bits per heavy atom. The highest BCUT2D eigenvalue weighted by molar-refractivity contribution is 9.11. The normalized spacial score (nSPS) is 11.5. The van der Waals surface area contributed by atoms with E-state index in [9.17, 15) is 0 Å². The maximum absolute atomic E-state index is 3.44. The average molecular weight is 338 g/mol. The molecule has 0 atom stereocenters. The average Bonchev–Trinajstić information content (AvgIpc) is 2.34. The zero-order valence-electron chi connectivity index (χ0n) is 8.53. The van der Waals surface area contributed by atoms with E-state index in [1.807, 2.05) is 23.2 Å². The first-order chi connectivity index (χ1) is 7.81. The summed E-state index contributed by atoms with van der Waals surface area (Å²) in [5.41, 5.74) is 3.60. The molecule has 0 aromatic heterocycles. The maximum Gasteiger partial charge on any atom is 0.0175 e. The minimum Gasteiger partial charge on any atom is -0.0622 e. The number of rotatable bonds is 2. The van der Waals surface area contributed by atoms with Gasteiger partial charge in [-0.1, -0.05) is 74.3 Å². The Morgan fingerprint density at radius 2 is 1.38 bits per heavy atom. The standard InChI is InChI=1S/C14H10Br2/c15-10-14(11-4-2-1-3-5-11)12-6-8-13(16)9-7-12/h1-10H/b14-10+. The third kappa shape index (κ3) is 2.63. The highest BCUT2D eigenvalue weighted by Crippen LogP contribution is 2.25. The lowest BCUT2D eigenvalue weighted by molar-refractivity contribution is 1.54. The number of hydrogen-bond donors (Lipinski definition) is 0. The van der Waals surface area contributed by atoms with Crippen molar-refractivity contribution in [1.29, 1.82) is 0 Å². The topological polar surface area (TPSA) is 0 Å². The van der Waals surface area contributed by atoms with Gasteiger partial charge in [0.05, 0.1) is 0 Å². The van der Waals surface area contributed by atoms with E-state index < -0.39 is 0 Å². The summed E-state index contributed by atoms with van der Waals surface area (Å²) in [6.45, 7) is 0. The zero-order chi connectivity index (χ0) is 11.4. The predicted octanol–water partition coefficient (Wildman–Crippen LogP) is 5.23. The van der Waals surface area contributed by atoms with Crippen LogP contribution >= 0.6 is 31.9 Å². The van der Waals surface area contributed by atoms with E-state index in [2.05, 4.69) is 68.3 Å². The molecule has 0 amide bonds. The van der Waals surface area contributed by atoms with Crippen molar-refractivity contribution in [2.75, 3.05) is 0 Å². The summed E-state index contributed by atoms with van der Waals surface area (Å²) in [4.78, 5) is 1.96. The zero-order valence-corrected chi connectivity index (χ0v) is 11.7. The molecule has 2 heteroatoms. The molecule has 0 saturated heterocycles. The van der Waals surface area contributed by atoms with E-state index >= 15 is 0 Å². The van der Waals surface area contributed by atoms with E-state index in [0.29, 0.717) is 0 Å². The van der Waals surface area contributed by atoms with Crippen molar-refractivity contribution in [2.45, 2.75) is 0 Å². The maximum atomic E-state index is 3.44. The van der Waals surface area contributed by atoms with Gasteiger partial charge in [-0.2, -0.15) is 0 Å². The van der Waals surface area contributed by atoms with E-state index in [4.69, 9.17) is 0 Å². The molecule has 0 fully saturated rings. The first-order valence-corrected chi connectivity index (χ1v) is 6.64. The molecule has 0 nitrogen and oxygen atoms in total. The van der Waals surface area contributed by atoms with Crippen LogP contribution in [0.15, 0.2) is 64.1 Å². The molecule has 0 aliphatic carbocycles.